The molecule has 1 aromatic heterocycles. The fourth-order valence-corrected chi connectivity index (χ4v) is 2.07. The topological polar surface area (TPSA) is 83.0 Å². The predicted molar refractivity (Wildman–Crippen MR) is 74.8 cm³/mol. The summed E-state index contributed by atoms with van der Waals surface area (Å²) in [5, 5.41) is 8.67. The molecule has 0 atom stereocenters. The average molecular weight is 290 g/mol. The summed E-state index contributed by atoms with van der Waals surface area (Å²) in [6, 6.07) is 5.95. The molecule has 0 amide bonds. The van der Waals surface area contributed by atoms with Crippen LogP contribution in [-0.2, 0) is 17.6 Å². The Hall–Kier alpha value is -2.50. The molecule has 0 unspecified atom stereocenters. The molecule has 6 heteroatoms. The monoisotopic (exact) mass is 290 g/mol. The van der Waals surface area contributed by atoms with Crippen LogP contribution in [0.1, 0.15) is 29.1 Å². The summed E-state index contributed by atoms with van der Waals surface area (Å²) in [7, 11) is 0. The lowest BCUT2D eigenvalue weighted by Crippen LogP contribution is -2.20. The van der Waals surface area contributed by atoms with Crippen molar-refractivity contribution in [3.63, 3.8) is 0 Å². The molecule has 2 N–H and O–H groups in total. The Morgan fingerprint density at radius 3 is 2.57 bits per heavy atom. The third-order valence-electron chi connectivity index (χ3n) is 3.15. The number of benzene rings is 1. The number of hydrogen-bond acceptors (Lipinski definition) is 3. The van der Waals surface area contributed by atoms with Crippen LogP contribution in [0, 0.1) is 12.7 Å². The Balaban J connectivity index is 2.21. The number of aromatic amines is 1. The van der Waals surface area contributed by atoms with Gasteiger partial charge in [-0.1, -0.05) is 12.1 Å². The maximum Gasteiger partial charge on any atom is 0.303 e. The van der Waals surface area contributed by atoms with Gasteiger partial charge in [-0.15, -0.1) is 0 Å². The Kier molecular flexibility index (Phi) is 4.47. The van der Waals surface area contributed by atoms with Crippen LogP contribution in [0.3, 0.4) is 0 Å². The Morgan fingerprint density at radius 1 is 1.33 bits per heavy atom. The number of aryl methyl sites for hydroxylation is 1. The van der Waals surface area contributed by atoms with E-state index >= 15 is 0 Å². The second-order valence-corrected chi connectivity index (χ2v) is 4.77. The van der Waals surface area contributed by atoms with Gasteiger partial charge < -0.3 is 10.1 Å². The number of carboxylic acids is 1. The number of aliphatic carboxylic acids is 1. The van der Waals surface area contributed by atoms with Gasteiger partial charge in [0.1, 0.15) is 11.6 Å². The van der Waals surface area contributed by atoms with Crippen LogP contribution in [0.15, 0.2) is 29.1 Å². The molecule has 2 aromatic rings. The summed E-state index contributed by atoms with van der Waals surface area (Å²) in [5.41, 5.74) is 1.43. The van der Waals surface area contributed by atoms with Crippen molar-refractivity contribution in [3.05, 3.63) is 63.1 Å². The molecule has 0 aliphatic carbocycles. The summed E-state index contributed by atoms with van der Waals surface area (Å²) in [4.78, 5) is 29.5. The number of H-pyrrole nitrogens is 1. The molecule has 0 bridgehead atoms. The van der Waals surface area contributed by atoms with Crippen molar-refractivity contribution in [1.29, 1.82) is 0 Å². The molecule has 110 valence electrons. The summed E-state index contributed by atoms with van der Waals surface area (Å²) in [5.74, 6) is -0.798. The van der Waals surface area contributed by atoms with E-state index < -0.39 is 5.97 Å². The van der Waals surface area contributed by atoms with Crippen LogP contribution in [0.25, 0.3) is 0 Å². The van der Waals surface area contributed by atoms with Gasteiger partial charge in [-0.25, -0.2) is 9.37 Å². The van der Waals surface area contributed by atoms with Crippen LogP contribution in [0.2, 0.25) is 0 Å². The Bertz CT molecular complexity index is 708. The van der Waals surface area contributed by atoms with Crippen molar-refractivity contribution in [1.82, 2.24) is 9.97 Å². The molecule has 0 aliphatic rings. The Labute approximate surface area is 120 Å². The van der Waals surface area contributed by atoms with E-state index in [0.29, 0.717) is 23.5 Å². The lowest BCUT2D eigenvalue weighted by molar-refractivity contribution is -0.136. The number of rotatable bonds is 5. The molecule has 21 heavy (non-hydrogen) atoms. The van der Waals surface area contributed by atoms with Gasteiger partial charge in [0.2, 0.25) is 0 Å². The highest BCUT2D eigenvalue weighted by Gasteiger charge is 2.10. The van der Waals surface area contributed by atoms with Crippen LogP contribution in [0.5, 0.6) is 0 Å². The summed E-state index contributed by atoms with van der Waals surface area (Å²) < 4.78 is 12.8. The maximum absolute atomic E-state index is 12.8. The fourth-order valence-electron chi connectivity index (χ4n) is 2.07. The van der Waals surface area contributed by atoms with Crippen molar-refractivity contribution in [2.24, 2.45) is 0 Å². The molecule has 0 fully saturated rings. The molecule has 0 spiro atoms. The zero-order chi connectivity index (χ0) is 15.4. The van der Waals surface area contributed by atoms with Crippen molar-refractivity contribution < 1.29 is 14.3 Å². The van der Waals surface area contributed by atoms with Gasteiger partial charge in [0.05, 0.1) is 0 Å². The van der Waals surface area contributed by atoms with E-state index in [2.05, 4.69) is 9.97 Å². The van der Waals surface area contributed by atoms with E-state index in [9.17, 15) is 14.0 Å². The quantitative estimate of drug-likeness (QED) is 0.880. The minimum atomic E-state index is -0.954. The first-order valence-corrected chi connectivity index (χ1v) is 6.50. The first-order valence-electron chi connectivity index (χ1n) is 6.50. The molecule has 1 heterocycles. The van der Waals surface area contributed by atoms with Crippen LogP contribution < -0.4 is 5.56 Å². The lowest BCUT2D eigenvalue weighted by atomic mass is 10.1. The van der Waals surface area contributed by atoms with Gasteiger partial charge in [0, 0.05) is 24.1 Å². The molecule has 2 rings (SSSR count). The lowest BCUT2D eigenvalue weighted by Gasteiger charge is -2.06. The minimum Gasteiger partial charge on any atom is -0.481 e. The summed E-state index contributed by atoms with van der Waals surface area (Å²) >= 11 is 0. The van der Waals surface area contributed by atoms with Crippen molar-refractivity contribution in [3.8, 4) is 0 Å². The van der Waals surface area contributed by atoms with Gasteiger partial charge >= 0.3 is 5.97 Å². The second kappa shape index (κ2) is 6.30. The number of nitrogens with zero attached hydrogens (tertiary/aromatic N) is 1. The SMILES string of the molecule is Cc1nc(Cc2ccc(F)cc2)[nH]c(=O)c1CCC(=O)O. The molecule has 5 nitrogen and oxygen atoms in total. The first-order chi connectivity index (χ1) is 9.95. The molecule has 0 aliphatic heterocycles. The largest absolute Gasteiger partial charge is 0.481 e. The molecular weight excluding hydrogens is 275 g/mol. The van der Waals surface area contributed by atoms with Gasteiger partial charge in [-0.3, -0.25) is 9.59 Å². The maximum atomic E-state index is 12.8. The molecular formula is C15H15FN2O3. The molecule has 1 aromatic carbocycles. The van der Waals surface area contributed by atoms with E-state index in [4.69, 9.17) is 5.11 Å². The normalized spacial score (nSPS) is 10.6. The number of carboxylic acid groups (broad SMARTS) is 1. The average Bonchev–Trinajstić information content (AvgIpc) is 2.40. The number of aromatic nitrogens is 2. The van der Waals surface area contributed by atoms with Crippen molar-refractivity contribution in [2.75, 3.05) is 0 Å². The van der Waals surface area contributed by atoms with Crippen LogP contribution in [0.4, 0.5) is 4.39 Å². The summed E-state index contributed by atoms with van der Waals surface area (Å²) in [6.45, 7) is 1.68. The molecule has 0 saturated carbocycles. The van der Waals surface area contributed by atoms with E-state index in [1.807, 2.05) is 0 Å². The standard InChI is InChI=1S/C15H15FN2O3/c1-9-12(6-7-14(19)20)15(21)18-13(17-9)8-10-2-4-11(16)5-3-10/h2-5H,6-8H2,1H3,(H,19,20)(H,17,18,21). The summed E-state index contributed by atoms with van der Waals surface area (Å²) in [6.07, 6.45) is 0.429. The van der Waals surface area contributed by atoms with Crippen LogP contribution >= 0.6 is 0 Å². The van der Waals surface area contributed by atoms with Crippen molar-refractivity contribution >= 4 is 5.97 Å². The number of halogens is 1. The number of hydrogen-bond donors (Lipinski definition) is 2. The molecule has 0 radical (unpaired) electrons. The smallest absolute Gasteiger partial charge is 0.303 e. The third kappa shape index (κ3) is 3.98. The van der Waals surface area contributed by atoms with E-state index in [1.165, 1.54) is 12.1 Å². The highest BCUT2D eigenvalue weighted by Crippen LogP contribution is 2.09. The zero-order valence-electron chi connectivity index (χ0n) is 11.5. The highest BCUT2D eigenvalue weighted by molar-refractivity contribution is 5.67. The van der Waals surface area contributed by atoms with E-state index in [1.54, 1.807) is 19.1 Å². The third-order valence-corrected chi connectivity index (χ3v) is 3.15. The van der Waals surface area contributed by atoms with Crippen molar-refractivity contribution in [2.45, 2.75) is 26.2 Å². The predicted octanol–water partition coefficient (Wildman–Crippen LogP) is 1.83. The zero-order valence-corrected chi connectivity index (χ0v) is 11.5. The minimum absolute atomic E-state index is 0.108. The van der Waals surface area contributed by atoms with Gasteiger partial charge in [-0.05, 0) is 31.0 Å². The number of nitrogens with one attached hydrogen (secondary N) is 1. The van der Waals surface area contributed by atoms with Gasteiger partial charge in [-0.2, -0.15) is 0 Å². The van der Waals surface area contributed by atoms with E-state index in [0.717, 1.165) is 5.56 Å². The van der Waals surface area contributed by atoms with E-state index in [-0.39, 0.29) is 24.2 Å². The molecule has 0 saturated heterocycles. The first kappa shape index (κ1) is 14.9. The van der Waals surface area contributed by atoms with Gasteiger partial charge in [0.25, 0.3) is 5.56 Å². The van der Waals surface area contributed by atoms with Gasteiger partial charge in [0.15, 0.2) is 0 Å². The second-order valence-electron chi connectivity index (χ2n) is 4.77. The fraction of sp³-hybridized carbons (Fsp3) is 0.267. The highest BCUT2D eigenvalue weighted by atomic mass is 19.1. The van der Waals surface area contributed by atoms with Crippen LogP contribution in [-0.4, -0.2) is 21.0 Å². The Morgan fingerprint density at radius 2 is 2.00 bits per heavy atom. The number of carbonyl (C=O) groups is 1.